The molecule has 0 fully saturated rings. The maximum atomic E-state index is 10.9. The van der Waals surface area contributed by atoms with Gasteiger partial charge in [-0.05, 0) is 36.6 Å². The summed E-state index contributed by atoms with van der Waals surface area (Å²) >= 11 is 0. The normalized spacial score (nSPS) is 10.5. The number of ketones is 1. The molecule has 0 aromatic heterocycles. The van der Waals surface area contributed by atoms with E-state index in [2.05, 4.69) is 6.58 Å². The van der Waals surface area contributed by atoms with Gasteiger partial charge in [0, 0.05) is 13.2 Å². The van der Waals surface area contributed by atoms with E-state index < -0.39 is 0 Å². The average molecular weight is 292 g/mol. The number of hydrogen-bond donors (Lipinski definition) is 1. The number of carbonyl (C=O) groups excluding carboxylic acids is 1. The standard InChI is InChI=1S/C17H24O4/c1-2-16(18)14-21-12-6-4-3-5-11-20-13-15-7-9-17(19)10-8-15/h2,7-10,19H,1,3-6,11-14H2. The van der Waals surface area contributed by atoms with Crippen molar-refractivity contribution in [3.8, 4) is 5.75 Å². The van der Waals surface area contributed by atoms with Crippen molar-refractivity contribution in [2.45, 2.75) is 32.3 Å². The van der Waals surface area contributed by atoms with Gasteiger partial charge >= 0.3 is 0 Å². The fraction of sp³-hybridized carbons (Fsp3) is 0.471. The molecule has 1 aromatic rings. The van der Waals surface area contributed by atoms with Gasteiger partial charge in [0.2, 0.25) is 0 Å². The van der Waals surface area contributed by atoms with Crippen molar-refractivity contribution < 1.29 is 19.4 Å². The Hall–Kier alpha value is -1.65. The second-order valence-corrected chi connectivity index (χ2v) is 4.86. The highest BCUT2D eigenvalue weighted by molar-refractivity contribution is 5.90. The van der Waals surface area contributed by atoms with Gasteiger partial charge in [-0.1, -0.05) is 31.6 Å². The summed E-state index contributed by atoms with van der Waals surface area (Å²) in [5.74, 6) is 0.202. The van der Waals surface area contributed by atoms with Crippen molar-refractivity contribution in [1.82, 2.24) is 0 Å². The molecule has 0 heterocycles. The number of benzene rings is 1. The fourth-order valence-corrected chi connectivity index (χ4v) is 1.78. The van der Waals surface area contributed by atoms with Crippen LogP contribution >= 0.6 is 0 Å². The molecule has 0 spiro atoms. The van der Waals surface area contributed by atoms with Crippen molar-refractivity contribution in [2.75, 3.05) is 19.8 Å². The molecule has 21 heavy (non-hydrogen) atoms. The smallest absolute Gasteiger partial charge is 0.180 e. The zero-order chi connectivity index (χ0) is 15.3. The molecule has 0 aliphatic heterocycles. The lowest BCUT2D eigenvalue weighted by molar-refractivity contribution is -0.118. The van der Waals surface area contributed by atoms with E-state index in [-0.39, 0.29) is 18.1 Å². The van der Waals surface area contributed by atoms with Crippen molar-refractivity contribution >= 4 is 5.78 Å². The first kappa shape index (κ1) is 17.4. The second-order valence-electron chi connectivity index (χ2n) is 4.86. The lowest BCUT2D eigenvalue weighted by atomic mass is 10.2. The number of phenols is 1. The Balaban J connectivity index is 1.87. The summed E-state index contributed by atoms with van der Waals surface area (Å²) in [4.78, 5) is 10.9. The third-order valence-electron chi connectivity index (χ3n) is 3.00. The molecular weight excluding hydrogens is 268 g/mol. The maximum Gasteiger partial charge on any atom is 0.180 e. The Morgan fingerprint density at radius 2 is 1.67 bits per heavy atom. The van der Waals surface area contributed by atoms with E-state index in [9.17, 15) is 4.79 Å². The molecular formula is C17H24O4. The molecule has 0 saturated heterocycles. The first-order chi connectivity index (χ1) is 10.2. The van der Waals surface area contributed by atoms with Gasteiger partial charge in [-0.25, -0.2) is 0 Å². The summed E-state index contributed by atoms with van der Waals surface area (Å²) in [6, 6.07) is 7.04. The number of ether oxygens (including phenoxy) is 2. The van der Waals surface area contributed by atoms with Gasteiger partial charge in [0.25, 0.3) is 0 Å². The highest BCUT2D eigenvalue weighted by Gasteiger charge is 1.97. The summed E-state index contributed by atoms with van der Waals surface area (Å²) in [5.41, 5.74) is 1.06. The van der Waals surface area contributed by atoms with Crippen LogP contribution in [-0.4, -0.2) is 30.7 Å². The van der Waals surface area contributed by atoms with Crippen LogP contribution in [0.3, 0.4) is 0 Å². The van der Waals surface area contributed by atoms with Gasteiger partial charge in [-0.3, -0.25) is 4.79 Å². The number of aromatic hydroxyl groups is 1. The van der Waals surface area contributed by atoms with Gasteiger partial charge in [-0.15, -0.1) is 0 Å². The lowest BCUT2D eigenvalue weighted by Gasteiger charge is -2.05. The Labute approximate surface area is 126 Å². The molecule has 0 unspecified atom stereocenters. The van der Waals surface area contributed by atoms with Gasteiger partial charge in [0.15, 0.2) is 5.78 Å². The van der Waals surface area contributed by atoms with Crippen LogP contribution in [0.2, 0.25) is 0 Å². The molecule has 0 aliphatic carbocycles. The van der Waals surface area contributed by atoms with Crippen molar-refractivity contribution in [2.24, 2.45) is 0 Å². The Kier molecular flexibility index (Phi) is 9.16. The van der Waals surface area contributed by atoms with Crippen LogP contribution in [-0.2, 0) is 20.9 Å². The van der Waals surface area contributed by atoms with Crippen LogP contribution in [0.15, 0.2) is 36.9 Å². The Morgan fingerprint density at radius 1 is 1.05 bits per heavy atom. The first-order valence-corrected chi connectivity index (χ1v) is 7.31. The monoisotopic (exact) mass is 292 g/mol. The molecule has 0 aliphatic rings. The number of unbranched alkanes of at least 4 members (excludes halogenated alkanes) is 3. The van der Waals surface area contributed by atoms with Crippen LogP contribution in [0.25, 0.3) is 0 Å². The summed E-state index contributed by atoms with van der Waals surface area (Å²) < 4.78 is 10.8. The van der Waals surface area contributed by atoms with E-state index in [1.165, 1.54) is 6.08 Å². The highest BCUT2D eigenvalue weighted by Crippen LogP contribution is 2.10. The fourth-order valence-electron chi connectivity index (χ4n) is 1.78. The van der Waals surface area contributed by atoms with E-state index >= 15 is 0 Å². The van der Waals surface area contributed by atoms with E-state index in [1.807, 2.05) is 12.1 Å². The number of hydrogen-bond acceptors (Lipinski definition) is 4. The Bertz CT molecular complexity index is 411. The van der Waals surface area contributed by atoms with E-state index in [0.29, 0.717) is 13.2 Å². The molecule has 0 amide bonds. The van der Waals surface area contributed by atoms with Crippen LogP contribution < -0.4 is 0 Å². The minimum absolute atomic E-state index is 0.0716. The third-order valence-corrected chi connectivity index (χ3v) is 3.00. The molecule has 116 valence electrons. The van der Waals surface area contributed by atoms with Gasteiger partial charge in [-0.2, -0.15) is 0 Å². The zero-order valence-electron chi connectivity index (χ0n) is 12.4. The minimum Gasteiger partial charge on any atom is -0.508 e. The van der Waals surface area contributed by atoms with E-state index in [1.54, 1.807) is 12.1 Å². The van der Waals surface area contributed by atoms with Crippen molar-refractivity contribution in [3.63, 3.8) is 0 Å². The summed E-state index contributed by atoms with van der Waals surface area (Å²) in [6.45, 7) is 5.45. The van der Waals surface area contributed by atoms with Crippen LogP contribution in [0.1, 0.15) is 31.2 Å². The minimum atomic E-state index is -0.0716. The molecule has 0 atom stereocenters. The molecule has 4 heteroatoms. The van der Waals surface area contributed by atoms with Gasteiger partial charge in [0.1, 0.15) is 12.4 Å². The Morgan fingerprint density at radius 3 is 2.29 bits per heavy atom. The molecule has 0 bridgehead atoms. The number of rotatable bonds is 12. The summed E-state index contributed by atoms with van der Waals surface area (Å²) in [7, 11) is 0. The quantitative estimate of drug-likeness (QED) is 0.474. The predicted octanol–water partition coefficient (Wildman–Crippen LogP) is 3.24. The maximum absolute atomic E-state index is 10.9. The van der Waals surface area contributed by atoms with E-state index in [4.69, 9.17) is 14.6 Å². The van der Waals surface area contributed by atoms with Crippen molar-refractivity contribution in [3.05, 3.63) is 42.5 Å². The van der Waals surface area contributed by atoms with Gasteiger partial charge in [0.05, 0.1) is 6.61 Å². The summed E-state index contributed by atoms with van der Waals surface area (Å²) in [5, 5.41) is 9.16. The highest BCUT2D eigenvalue weighted by atomic mass is 16.5. The second kappa shape index (κ2) is 11.1. The average Bonchev–Trinajstić information content (AvgIpc) is 2.50. The lowest BCUT2D eigenvalue weighted by Crippen LogP contribution is -2.06. The summed E-state index contributed by atoms with van der Waals surface area (Å²) in [6.07, 6.45) is 5.43. The van der Waals surface area contributed by atoms with Gasteiger partial charge < -0.3 is 14.6 Å². The molecule has 0 radical (unpaired) electrons. The van der Waals surface area contributed by atoms with E-state index in [0.717, 1.165) is 37.9 Å². The first-order valence-electron chi connectivity index (χ1n) is 7.31. The topological polar surface area (TPSA) is 55.8 Å². The number of carbonyl (C=O) groups is 1. The van der Waals surface area contributed by atoms with Crippen LogP contribution in [0.4, 0.5) is 0 Å². The SMILES string of the molecule is C=CC(=O)COCCCCCCOCc1ccc(O)cc1. The number of phenolic OH excluding ortho intramolecular Hbond substituents is 1. The molecule has 4 nitrogen and oxygen atoms in total. The predicted molar refractivity (Wildman–Crippen MR) is 82.3 cm³/mol. The molecule has 1 rings (SSSR count). The van der Waals surface area contributed by atoms with Crippen LogP contribution in [0.5, 0.6) is 5.75 Å². The zero-order valence-corrected chi connectivity index (χ0v) is 12.4. The molecule has 1 N–H and O–H groups in total. The van der Waals surface area contributed by atoms with Crippen molar-refractivity contribution in [1.29, 1.82) is 0 Å². The molecule has 1 aromatic carbocycles. The third kappa shape index (κ3) is 9.00. The molecule has 0 saturated carbocycles. The van der Waals surface area contributed by atoms with Crippen LogP contribution in [0, 0.1) is 0 Å². The largest absolute Gasteiger partial charge is 0.508 e.